The number of nitrogens with zero attached hydrogens (tertiary/aromatic N) is 1. The first-order valence-electron chi connectivity index (χ1n) is 4.71. The molecule has 2 aromatic rings. The molecule has 0 saturated heterocycles. The molecule has 1 heterocycles. The number of rotatable bonds is 3. The highest BCUT2D eigenvalue weighted by atomic mass is 16.5. The van der Waals surface area contributed by atoms with Crippen LogP contribution in [0.1, 0.15) is 10.4 Å². The maximum atomic E-state index is 11.0. The van der Waals surface area contributed by atoms with Crippen LogP contribution in [0.5, 0.6) is 11.6 Å². The second kappa shape index (κ2) is 4.48. The maximum absolute atomic E-state index is 11.0. The molecular weight excluding hydrogens is 224 g/mol. The average molecular weight is 232 g/mol. The SMILES string of the molecule is O=C(O)c1ccc(Oc2cc(=O)[nH]cn2)cc1. The summed E-state index contributed by atoms with van der Waals surface area (Å²) in [6.07, 6.45) is 1.23. The highest BCUT2D eigenvalue weighted by Crippen LogP contribution is 2.18. The normalized spacial score (nSPS) is 9.88. The average Bonchev–Trinajstić information content (AvgIpc) is 2.29. The minimum Gasteiger partial charge on any atom is -0.478 e. The van der Waals surface area contributed by atoms with E-state index in [4.69, 9.17) is 9.84 Å². The van der Waals surface area contributed by atoms with Crippen molar-refractivity contribution in [1.82, 2.24) is 9.97 Å². The van der Waals surface area contributed by atoms with Gasteiger partial charge in [0.15, 0.2) is 0 Å². The molecule has 0 unspecified atom stereocenters. The highest BCUT2D eigenvalue weighted by molar-refractivity contribution is 5.87. The van der Waals surface area contributed by atoms with Crippen LogP contribution >= 0.6 is 0 Å². The van der Waals surface area contributed by atoms with Crippen LogP contribution in [0, 0.1) is 0 Å². The van der Waals surface area contributed by atoms with E-state index >= 15 is 0 Å². The maximum Gasteiger partial charge on any atom is 0.335 e. The fourth-order valence-corrected chi connectivity index (χ4v) is 1.19. The van der Waals surface area contributed by atoms with Crippen LogP contribution in [0.15, 0.2) is 41.5 Å². The van der Waals surface area contributed by atoms with Gasteiger partial charge in [0.25, 0.3) is 5.56 Å². The van der Waals surface area contributed by atoms with Crippen LogP contribution in [-0.4, -0.2) is 21.0 Å². The van der Waals surface area contributed by atoms with Crippen molar-refractivity contribution in [3.8, 4) is 11.6 Å². The van der Waals surface area contributed by atoms with Crippen molar-refractivity contribution in [2.24, 2.45) is 0 Å². The lowest BCUT2D eigenvalue weighted by molar-refractivity contribution is 0.0697. The van der Waals surface area contributed by atoms with Crippen LogP contribution < -0.4 is 10.3 Å². The fourth-order valence-electron chi connectivity index (χ4n) is 1.19. The molecule has 1 aromatic heterocycles. The second-order valence-electron chi connectivity index (χ2n) is 3.18. The second-order valence-corrected chi connectivity index (χ2v) is 3.18. The molecule has 86 valence electrons. The van der Waals surface area contributed by atoms with Gasteiger partial charge in [-0.2, -0.15) is 0 Å². The smallest absolute Gasteiger partial charge is 0.335 e. The molecule has 0 fully saturated rings. The molecule has 6 nitrogen and oxygen atoms in total. The monoisotopic (exact) mass is 232 g/mol. The fraction of sp³-hybridized carbons (Fsp3) is 0. The van der Waals surface area contributed by atoms with Crippen LogP contribution in [0.3, 0.4) is 0 Å². The summed E-state index contributed by atoms with van der Waals surface area (Å²) in [5.41, 5.74) is -0.159. The minimum absolute atomic E-state index is 0.150. The van der Waals surface area contributed by atoms with E-state index < -0.39 is 5.97 Å². The zero-order chi connectivity index (χ0) is 12.3. The molecule has 2 N–H and O–H groups in total. The van der Waals surface area contributed by atoms with Gasteiger partial charge in [-0.05, 0) is 24.3 Å². The van der Waals surface area contributed by atoms with E-state index in [2.05, 4.69) is 9.97 Å². The summed E-state index contributed by atoms with van der Waals surface area (Å²) in [6.45, 7) is 0. The molecule has 0 aliphatic heterocycles. The summed E-state index contributed by atoms with van der Waals surface area (Å²) in [5, 5.41) is 8.70. The van der Waals surface area contributed by atoms with E-state index in [1.54, 1.807) is 0 Å². The first kappa shape index (κ1) is 10.9. The molecule has 0 spiro atoms. The number of hydrogen-bond donors (Lipinski definition) is 2. The molecule has 1 aromatic carbocycles. The summed E-state index contributed by atoms with van der Waals surface area (Å²) < 4.78 is 5.27. The summed E-state index contributed by atoms with van der Waals surface area (Å²) in [5.74, 6) is -0.448. The lowest BCUT2D eigenvalue weighted by atomic mass is 10.2. The Bertz CT molecular complexity index is 589. The topological polar surface area (TPSA) is 92.3 Å². The number of H-pyrrole nitrogens is 1. The molecule has 0 aliphatic rings. The Morgan fingerprint density at radius 3 is 2.59 bits per heavy atom. The van der Waals surface area contributed by atoms with Crippen molar-refractivity contribution >= 4 is 5.97 Å². The Labute approximate surface area is 95.5 Å². The van der Waals surface area contributed by atoms with Gasteiger partial charge in [-0.1, -0.05) is 0 Å². The van der Waals surface area contributed by atoms with Gasteiger partial charge in [0.1, 0.15) is 5.75 Å². The number of carbonyl (C=O) groups is 1. The van der Waals surface area contributed by atoms with Gasteiger partial charge in [-0.15, -0.1) is 0 Å². The van der Waals surface area contributed by atoms with E-state index in [-0.39, 0.29) is 17.0 Å². The Morgan fingerprint density at radius 1 is 1.29 bits per heavy atom. The molecule has 0 bridgehead atoms. The van der Waals surface area contributed by atoms with E-state index in [1.807, 2.05) is 0 Å². The number of hydrogen-bond acceptors (Lipinski definition) is 4. The van der Waals surface area contributed by atoms with Gasteiger partial charge in [0.2, 0.25) is 5.88 Å². The summed E-state index contributed by atoms with van der Waals surface area (Å²) in [4.78, 5) is 27.7. The van der Waals surface area contributed by atoms with Gasteiger partial charge in [0.05, 0.1) is 18.0 Å². The molecule has 0 aliphatic carbocycles. The van der Waals surface area contributed by atoms with Gasteiger partial charge in [-0.25, -0.2) is 9.78 Å². The molecule has 0 saturated carbocycles. The van der Waals surface area contributed by atoms with Crippen molar-refractivity contribution in [3.05, 3.63) is 52.6 Å². The number of aromatic nitrogens is 2. The number of aromatic amines is 1. The van der Waals surface area contributed by atoms with Crippen molar-refractivity contribution in [3.63, 3.8) is 0 Å². The first-order valence-corrected chi connectivity index (χ1v) is 4.71. The summed E-state index contributed by atoms with van der Waals surface area (Å²) in [7, 11) is 0. The molecule has 2 rings (SSSR count). The largest absolute Gasteiger partial charge is 0.478 e. The van der Waals surface area contributed by atoms with Gasteiger partial charge in [0, 0.05) is 0 Å². The standard InChI is InChI=1S/C11H8N2O4/c14-9-5-10(13-6-12-9)17-8-3-1-7(2-4-8)11(15)16/h1-6H,(H,15,16)(H,12,13,14). The number of carboxylic acid groups (broad SMARTS) is 1. The molecule has 6 heteroatoms. The number of aromatic carboxylic acids is 1. The molecule has 0 amide bonds. The lowest BCUT2D eigenvalue weighted by Crippen LogP contribution is -2.04. The molecule has 0 radical (unpaired) electrons. The summed E-state index contributed by atoms with van der Waals surface area (Å²) >= 11 is 0. The third-order valence-corrected chi connectivity index (χ3v) is 1.98. The molecular formula is C11H8N2O4. The predicted molar refractivity (Wildman–Crippen MR) is 58.3 cm³/mol. The molecule has 17 heavy (non-hydrogen) atoms. The van der Waals surface area contributed by atoms with Crippen LogP contribution in [0.2, 0.25) is 0 Å². The van der Waals surface area contributed by atoms with Gasteiger partial charge in [-0.3, -0.25) is 4.79 Å². The van der Waals surface area contributed by atoms with Crippen LogP contribution in [0.4, 0.5) is 0 Å². The number of nitrogens with one attached hydrogen (secondary N) is 1. The van der Waals surface area contributed by atoms with E-state index in [0.717, 1.165) is 0 Å². The zero-order valence-electron chi connectivity index (χ0n) is 8.58. The third-order valence-electron chi connectivity index (χ3n) is 1.98. The van der Waals surface area contributed by atoms with E-state index in [1.165, 1.54) is 36.7 Å². The molecule has 0 atom stereocenters. The van der Waals surface area contributed by atoms with Gasteiger partial charge < -0.3 is 14.8 Å². The Kier molecular flexibility index (Phi) is 2.87. The zero-order valence-corrected chi connectivity index (χ0v) is 8.58. The predicted octanol–water partition coefficient (Wildman–Crippen LogP) is 1.26. The van der Waals surface area contributed by atoms with Crippen molar-refractivity contribution < 1.29 is 14.6 Å². The highest BCUT2D eigenvalue weighted by Gasteiger charge is 2.03. The number of ether oxygens (including phenoxy) is 1. The Morgan fingerprint density at radius 2 is 2.00 bits per heavy atom. The third kappa shape index (κ3) is 2.69. The Balaban J connectivity index is 2.19. The number of carboxylic acids is 1. The van der Waals surface area contributed by atoms with E-state index in [9.17, 15) is 9.59 Å². The summed E-state index contributed by atoms with van der Waals surface area (Å²) in [6, 6.07) is 7.00. The quantitative estimate of drug-likeness (QED) is 0.831. The first-order chi connectivity index (χ1) is 8.15. The van der Waals surface area contributed by atoms with E-state index in [0.29, 0.717) is 5.75 Å². The van der Waals surface area contributed by atoms with Crippen molar-refractivity contribution in [2.45, 2.75) is 0 Å². The lowest BCUT2D eigenvalue weighted by Gasteiger charge is -2.03. The minimum atomic E-state index is -1.01. The Hall–Kier alpha value is -2.63. The number of benzene rings is 1. The van der Waals surface area contributed by atoms with Crippen LogP contribution in [-0.2, 0) is 0 Å². The van der Waals surface area contributed by atoms with Crippen LogP contribution in [0.25, 0.3) is 0 Å². The van der Waals surface area contributed by atoms with Crippen molar-refractivity contribution in [1.29, 1.82) is 0 Å². The van der Waals surface area contributed by atoms with Gasteiger partial charge >= 0.3 is 5.97 Å². The van der Waals surface area contributed by atoms with Crippen molar-refractivity contribution in [2.75, 3.05) is 0 Å².